The minimum atomic E-state index is 0.495. The molecule has 0 amide bonds. The molecule has 0 aromatic heterocycles. The highest BCUT2D eigenvalue weighted by Gasteiger charge is 2.21. The Morgan fingerprint density at radius 3 is 2.53 bits per heavy atom. The fourth-order valence-corrected chi connectivity index (χ4v) is 2.18. The number of ether oxygens (including phenoxy) is 1. The molecule has 1 aliphatic rings. The van der Waals surface area contributed by atoms with Gasteiger partial charge in [0, 0.05) is 18.5 Å². The Morgan fingerprint density at radius 2 is 2.00 bits per heavy atom. The molecule has 1 unspecified atom stereocenters. The lowest BCUT2D eigenvalue weighted by Crippen LogP contribution is -2.26. The Kier molecular flexibility index (Phi) is 4.44. The summed E-state index contributed by atoms with van der Waals surface area (Å²) in [7, 11) is 0. The minimum Gasteiger partial charge on any atom is -0.493 e. The summed E-state index contributed by atoms with van der Waals surface area (Å²) in [4.78, 5) is 0. The van der Waals surface area contributed by atoms with E-state index >= 15 is 0 Å². The van der Waals surface area contributed by atoms with Gasteiger partial charge in [-0.2, -0.15) is 5.26 Å². The zero-order valence-electron chi connectivity index (χ0n) is 12.0. The zero-order chi connectivity index (χ0) is 13.8. The highest BCUT2D eigenvalue weighted by atomic mass is 16.5. The van der Waals surface area contributed by atoms with Crippen molar-refractivity contribution in [3.63, 3.8) is 0 Å². The van der Waals surface area contributed by atoms with Gasteiger partial charge in [-0.25, -0.2) is 0 Å². The number of nitrogens with zero attached hydrogens (tertiary/aromatic N) is 1. The molecular weight excluding hydrogens is 236 g/mol. The second-order valence-corrected chi connectivity index (χ2v) is 5.65. The standard InChI is InChI=1S/C16H22N2O/c1-11(9-18-15-4-5-15)10-19-16-12(2)6-14(8-17)7-13(16)3/h6-7,11,15,18H,4-5,9-10H2,1-3H3. The molecule has 1 N–H and O–H groups in total. The van der Waals surface area contributed by atoms with Gasteiger partial charge in [0.15, 0.2) is 0 Å². The lowest BCUT2D eigenvalue weighted by molar-refractivity contribution is 0.252. The molecule has 19 heavy (non-hydrogen) atoms. The summed E-state index contributed by atoms with van der Waals surface area (Å²) in [5.41, 5.74) is 2.78. The lowest BCUT2D eigenvalue weighted by atomic mass is 10.1. The van der Waals surface area contributed by atoms with Crippen LogP contribution in [0.25, 0.3) is 0 Å². The molecule has 1 aromatic rings. The first-order valence-corrected chi connectivity index (χ1v) is 6.97. The van der Waals surface area contributed by atoms with Crippen LogP contribution in [0.5, 0.6) is 5.75 Å². The second-order valence-electron chi connectivity index (χ2n) is 5.65. The van der Waals surface area contributed by atoms with E-state index < -0.39 is 0 Å². The van der Waals surface area contributed by atoms with E-state index in [1.54, 1.807) is 0 Å². The van der Waals surface area contributed by atoms with E-state index in [0.717, 1.165) is 29.5 Å². The number of nitrogens with one attached hydrogen (secondary N) is 1. The summed E-state index contributed by atoms with van der Waals surface area (Å²) in [5, 5.41) is 12.4. The van der Waals surface area contributed by atoms with Crippen LogP contribution in [0, 0.1) is 31.1 Å². The molecule has 2 rings (SSSR count). The third-order valence-electron chi connectivity index (χ3n) is 3.43. The van der Waals surface area contributed by atoms with E-state index in [4.69, 9.17) is 10.00 Å². The molecule has 0 heterocycles. The number of hydrogen-bond acceptors (Lipinski definition) is 3. The van der Waals surface area contributed by atoms with Crippen molar-refractivity contribution < 1.29 is 4.74 Å². The van der Waals surface area contributed by atoms with Crippen LogP contribution in [0.2, 0.25) is 0 Å². The van der Waals surface area contributed by atoms with Gasteiger partial charge in [-0.3, -0.25) is 0 Å². The fourth-order valence-electron chi connectivity index (χ4n) is 2.18. The second kappa shape index (κ2) is 6.08. The van der Waals surface area contributed by atoms with Crippen molar-refractivity contribution in [3.8, 4) is 11.8 Å². The van der Waals surface area contributed by atoms with Crippen LogP contribution in [-0.4, -0.2) is 19.2 Å². The van der Waals surface area contributed by atoms with E-state index in [0.29, 0.717) is 18.1 Å². The van der Waals surface area contributed by atoms with Crippen molar-refractivity contribution in [2.24, 2.45) is 5.92 Å². The first-order chi connectivity index (χ1) is 9.10. The Morgan fingerprint density at radius 1 is 1.37 bits per heavy atom. The summed E-state index contributed by atoms with van der Waals surface area (Å²) in [6.07, 6.45) is 2.64. The van der Waals surface area contributed by atoms with Gasteiger partial charge in [0.05, 0.1) is 18.2 Å². The van der Waals surface area contributed by atoms with Crippen LogP contribution < -0.4 is 10.1 Å². The van der Waals surface area contributed by atoms with Crippen molar-refractivity contribution in [1.29, 1.82) is 5.26 Å². The molecule has 3 heteroatoms. The molecule has 0 aliphatic heterocycles. The van der Waals surface area contributed by atoms with Crippen LogP contribution in [0.15, 0.2) is 12.1 Å². The minimum absolute atomic E-state index is 0.495. The Labute approximate surface area is 115 Å². The predicted octanol–water partition coefficient (Wildman–Crippen LogP) is 2.94. The molecule has 1 aromatic carbocycles. The van der Waals surface area contributed by atoms with E-state index in [9.17, 15) is 0 Å². The van der Waals surface area contributed by atoms with Crippen LogP contribution >= 0.6 is 0 Å². The number of hydrogen-bond donors (Lipinski definition) is 1. The maximum atomic E-state index is 8.92. The topological polar surface area (TPSA) is 45.0 Å². The monoisotopic (exact) mass is 258 g/mol. The van der Waals surface area contributed by atoms with Crippen LogP contribution in [-0.2, 0) is 0 Å². The average Bonchev–Trinajstić information content (AvgIpc) is 3.19. The normalized spacial score (nSPS) is 15.9. The summed E-state index contributed by atoms with van der Waals surface area (Å²) < 4.78 is 5.93. The summed E-state index contributed by atoms with van der Waals surface area (Å²) in [6, 6.07) is 6.69. The van der Waals surface area contributed by atoms with Gasteiger partial charge < -0.3 is 10.1 Å². The van der Waals surface area contributed by atoms with Crippen LogP contribution in [0.4, 0.5) is 0 Å². The van der Waals surface area contributed by atoms with Gasteiger partial charge in [0.2, 0.25) is 0 Å². The van der Waals surface area contributed by atoms with Gasteiger partial charge in [-0.1, -0.05) is 6.92 Å². The van der Waals surface area contributed by atoms with Crippen molar-refractivity contribution in [3.05, 3.63) is 28.8 Å². The maximum absolute atomic E-state index is 8.92. The average molecular weight is 258 g/mol. The molecule has 0 spiro atoms. The van der Waals surface area contributed by atoms with E-state index in [2.05, 4.69) is 18.3 Å². The molecule has 1 saturated carbocycles. The fraction of sp³-hybridized carbons (Fsp3) is 0.562. The zero-order valence-corrected chi connectivity index (χ0v) is 12.0. The quantitative estimate of drug-likeness (QED) is 0.853. The number of rotatable bonds is 6. The molecule has 1 aliphatic carbocycles. The van der Waals surface area contributed by atoms with Gasteiger partial charge >= 0.3 is 0 Å². The molecule has 1 atom stereocenters. The number of benzene rings is 1. The first-order valence-electron chi connectivity index (χ1n) is 6.97. The van der Waals surface area contributed by atoms with Gasteiger partial charge in [-0.15, -0.1) is 0 Å². The molecule has 0 radical (unpaired) electrons. The third-order valence-corrected chi connectivity index (χ3v) is 3.43. The van der Waals surface area contributed by atoms with E-state index in [-0.39, 0.29) is 0 Å². The number of nitriles is 1. The van der Waals surface area contributed by atoms with Gasteiger partial charge in [-0.05, 0) is 49.9 Å². The van der Waals surface area contributed by atoms with Gasteiger partial charge in [0.25, 0.3) is 0 Å². The third kappa shape index (κ3) is 3.97. The van der Waals surface area contributed by atoms with E-state index in [1.807, 2.05) is 26.0 Å². The molecule has 1 fully saturated rings. The predicted molar refractivity (Wildman–Crippen MR) is 76.3 cm³/mol. The van der Waals surface area contributed by atoms with Crippen molar-refractivity contribution in [2.75, 3.05) is 13.2 Å². The largest absolute Gasteiger partial charge is 0.493 e. The molecule has 3 nitrogen and oxygen atoms in total. The highest BCUT2D eigenvalue weighted by molar-refractivity contribution is 5.47. The lowest BCUT2D eigenvalue weighted by Gasteiger charge is -2.17. The first kappa shape index (κ1) is 13.9. The number of aryl methyl sites for hydroxylation is 2. The smallest absolute Gasteiger partial charge is 0.125 e. The summed E-state index contributed by atoms with van der Waals surface area (Å²) in [5.74, 6) is 1.42. The Hall–Kier alpha value is -1.53. The molecular formula is C16H22N2O. The SMILES string of the molecule is Cc1cc(C#N)cc(C)c1OCC(C)CNC1CC1. The Bertz CT molecular complexity index is 463. The maximum Gasteiger partial charge on any atom is 0.125 e. The van der Waals surface area contributed by atoms with E-state index in [1.165, 1.54) is 12.8 Å². The summed E-state index contributed by atoms with van der Waals surface area (Å²) >= 11 is 0. The molecule has 0 bridgehead atoms. The summed E-state index contributed by atoms with van der Waals surface area (Å²) in [6.45, 7) is 7.92. The van der Waals surface area contributed by atoms with Crippen LogP contribution in [0.3, 0.4) is 0 Å². The van der Waals surface area contributed by atoms with Crippen molar-refractivity contribution >= 4 is 0 Å². The molecule has 0 saturated heterocycles. The van der Waals surface area contributed by atoms with Crippen LogP contribution in [0.1, 0.15) is 36.5 Å². The van der Waals surface area contributed by atoms with Crippen molar-refractivity contribution in [2.45, 2.75) is 39.7 Å². The Balaban J connectivity index is 1.89. The van der Waals surface area contributed by atoms with Gasteiger partial charge in [0.1, 0.15) is 5.75 Å². The highest BCUT2D eigenvalue weighted by Crippen LogP contribution is 2.25. The molecule has 102 valence electrons. The van der Waals surface area contributed by atoms with Crippen molar-refractivity contribution in [1.82, 2.24) is 5.32 Å².